The van der Waals surface area contributed by atoms with Crippen molar-refractivity contribution in [1.29, 1.82) is 0 Å². The molecule has 0 saturated carbocycles. The summed E-state index contributed by atoms with van der Waals surface area (Å²) in [5, 5.41) is 8.42. The highest BCUT2D eigenvalue weighted by Crippen LogP contribution is 2.22. The highest BCUT2D eigenvalue weighted by molar-refractivity contribution is 7.80. The van der Waals surface area contributed by atoms with E-state index in [0.717, 1.165) is 5.56 Å². The predicted molar refractivity (Wildman–Crippen MR) is 75.7 cm³/mol. The van der Waals surface area contributed by atoms with Gasteiger partial charge in [0.15, 0.2) is 0 Å². The van der Waals surface area contributed by atoms with Gasteiger partial charge in [0.25, 0.3) is 0 Å². The van der Waals surface area contributed by atoms with E-state index in [4.69, 9.17) is 17.3 Å². The summed E-state index contributed by atoms with van der Waals surface area (Å²) in [5.74, 6) is 0. The van der Waals surface area contributed by atoms with Crippen LogP contribution in [0.3, 0.4) is 0 Å². The first-order chi connectivity index (χ1) is 8.29. The molecule has 98 valence electrons. The average Bonchev–Trinajstić information content (AvgIpc) is 2.26. The van der Waals surface area contributed by atoms with Crippen molar-refractivity contribution in [2.24, 2.45) is 0 Å². The van der Waals surface area contributed by atoms with Crippen molar-refractivity contribution >= 4 is 23.3 Å². The van der Waals surface area contributed by atoms with Crippen LogP contribution in [0.25, 0.3) is 0 Å². The SMILES string of the molecule is CC(C)(C)c1ccc(CC(=S)NNC(=O)O)cc1. The number of nitrogens with one attached hydrogen (secondary N) is 2. The smallest absolute Gasteiger partial charge is 0.423 e. The first-order valence-corrected chi connectivity index (χ1v) is 6.07. The fourth-order valence-electron chi connectivity index (χ4n) is 1.48. The molecule has 0 aliphatic heterocycles. The second-order valence-corrected chi connectivity index (χ2v) is 5.59. The second kappa shape index (κ2) is 5.82. The van der Waals surface area contributed by atoms with Crippen LogP contribution in [-0.4, -0.2) is 16.2 Å². The number of carboxylic acid groups (broad SMARTS) is 1. The van der Waals surface area contributed by atoms with E-state index in [1.54, 1.807) is 0 Å². The van der Waals surface area contributed by atoms with Gasteiger partial charge in [0.1, 0.15) is 0 Å². The first-order valence-electron chi connectivity index (χ1n) is 5.66. The van der Waals surface area contributed by atoms with Crippen LogP contribution < -0.4 is 10.9 Å². The predicted octanol–water partition coefficient (Wildman–Crippen LogP) is 2.63. The molecule has 1 rings (SSSR count). The summed E-state index contributed by atoms with van der Waals surface area (Å²) in [4.78, 5) is 10.7. The molecule has 1 amide bonds. The molecule has 0 spiro atoms. The van der Waals surface area contributed by atoms with Crippen molar-refractivity contribution in [3.05, 3.63) is 35.4 Å². The monoisotopic (exact) mass is 266 g/mol. The van der Waals surface area contributed by atoms with Crippen molar-refractivity contribution in [1.82, 2.24) is 10.9 Å². The molecule has 0 bridgehead atoms. The first kappa shape index (κ1) is 14.4. The minimum atomic E-state index is -1.15. The molecular formula is C13H18N2O2S. The van der Waals surface area contributed by atoms with E-state index < -0.39 is 6.09 Å². The molecular weight excluding hydrogens is 248 g/mol. The second-order valence-electron chi connectivity index (χ2n) is 5.10. The Morgan fingerprint density at radius 3 is 2.22 bits per heavy atom. The van der Waals surface area contributed by atoms with Gasteiger partial charge in [-0.15, -0.1) is 0 Å². The number of hydrogen-bond donors (Lipinski definition) is 3. The molecule has 18 heavy (non-hydrogen) atoms. The topological polar surface area (TPSA) is 61.4 Å². The van der Waals surface area contributed by atoms with Gasteiger partial charge in [-0.2, -0.15) is 0 Å². The van der Waals surface area contributed by atoms with E-state index in [2.05, 4.69) is 38.3 Å². The van der Waals surface area contributed by atoms with Crippen LogP contribution in [0.2, 0.25) is 0 Å². The maximum absolute atomic E-state index is 10.3. The Bertz CT molecular complexity index is 435. The molecule has 0 saturated heterocycles. The third kappa shape index (κ3) is 4.71. The summed E-state index contributed by atoms with van der Waals surface area (Å²) in [5.41, 5.74) is 6.92. The Kier molecular flexibility index (Phi) is 4.67. The molecule has 0 aliphatic carbocycles. The summed E-state index contributed by atoms with van der Waals surface area (Å²) < 4.78 is 0. The maximum Gasteiger partial charge on any atom is 0.423 e. The van der Waals surface area contributed by atoms with Gasteiger partial charge in [-0.3, -0.25) is 5.43 Å². The lowest BCUT2D eigenvalue weighted by Gasteiger charge is -2.19. The van der Waals surface area contributed by atoms with Crippen LogP contribution in [0.4, 0.5) is 4.79 Å². The van der Waals surface area contributed by atoms with Gasteiger partial charge in [0, 0.05) is 6.42 Å². The van der Waals surface area contributed by atoms with Crippen LogP contribution in [0.15, 0.2) is 24.3 Å². The van der Waals surface area contributed by atoms with E-state index >= 15 is 0 Å². The molecule has 0 unspecified atom stereocenters. The largest absolute Gasteiger partial charge is 0.464 e. The highest BCUT2D eigenvalue weighted by atomic mass is 32.1. The van der Waals surface area contributed by atoms with E-state index in [1.165, 1.54) is 5.56 Å². The minimum absolute atomic E-state index is 0.127. The van der Waals surface area contributed by atoms with Gasteiger partial charge in [0.2, 0.25) is 0 Å². The number of amides is 1. The number of hydrazine groups is 1. The Balaban J connectivity index is 2.59. The molecule has 5 heteroatoms. The van der Waals surface area contributed by atoms with Gasteiger partial charge in [-0.1, -0.05) is 57.3 Å². The molecule has 0 aliphatic rings. The average molecular weight is 266 g/mol. The van der Waals surface area contributed by atoms with Gasteiger partial charge in [-0.05, 0) is 16.5 Å². The molecule has 0 aromatic heterocycles. The lowest BCUT2D eigenvalue weighted by Crippen LogP contribution is -2.40. The fourth-order valence-corrected chi connectivity index (χ4v) is 1.69. The molecule has 1 aromatic rings. The number of carbonyl (C=O) groups is 1. The van der Waals surface area contributed by atoms with Crippen LogP contribution in [0.1, 0.15) is 31.9 Å². The summed E-state index contributed by atoms with van der Waals surface area (Å²) in [6.07, 6.45) is -0.638. The Morgan fingerprint density at radius 2 is 1.78 bits per heavy atom. The summed E-state index contributed by atoms with van der Waals surface area (Å²) >= 11 is 5.02. The van der Waals surface area contributed by atoms with Crippen molar-refractivity contribution < 1.29 is 9.90 Å². The van der Waals surface area contributed by atoms with Crippen molar-refractivity contribution in [3.63, 3.8) is 0 Å². The molecule has 0 fully saturated rings. The Morgan fingerprint density at radius 1 is 1.22 bits per heavy atom. The summed E-state index contributed by atoms with van der Waals surface area (Å²) in [6.45, 7) is 6.47. The molecule has 0 atom stereocenters. The highest BCUT2D eigenvalue weighted by Gasteiger charge is 2.12. The number of benzene rings is 1. The van der Waals surface area contributed by atoms with E-state index in [9.17, 15) is 4.79 Å². The zero-order chi connectivity index (χ0) is 13.8. The van der Waals surface area contributed by atoms with Gasteiger partial charge < -0.3 is 5.11 Å². The van der Waals surface area contributed by atoms with Crippen molar-refractivity contribution in [2.45, 2.75) is 32.6 Å². The van der Waals surface area contributed by atoms with E-state index in [1.807, 2.05) is 17.6 Å². The zero-order valence-corrected chi connectivity index (χ0v) is 11.6. The third-order valence-electron chi connectivity index (χ3n) is 2.49. The van der Waals surface area contributed by atoms with Crippen LogP contribution >= 0.6 is 12.2 Å². The van der Waals surface area contributed by atoms with E-state index in [0.29, 0.717) is 11.4 Å². The molecule has 1 aromatic carbocycles. The quantitative estimate of drug-likeness (QED) is 0.569. The molecule has 4 nitrogen and oxygen atoms in total. The fraction of sp³-hybridized carbons (Fsp3) is 0.385. The van der Waals surface area contributed by atoms with Crippen LogP contribution in [-0.2, 0) is 11.8 Å². The lowest BCUT2D eigenvalue weighted by atomic mass is 9.86. The number of rotatable bonds is 2. The molecule has 0 radical (unpaired) electrons. The standard InChI is InChI=1S/C13H18N2O2S/c1-13(2,3)10-6-4-9(5-7-10)8-11(18)14-15-12(16)17/h4-7,15H,8H2,1-3H3,(H,14,18)(H,16,17). The summed E-state index contributed by atoms with van der Waals surface area (Å²) in [6, 6.07) is 8.16. The van der Waals surface area contributed by atoms with Crippen molar-refractivity contribution in [3.8, 4) is 0 Å². The minimum Gasteiger partial charge on any atom is -0.464 e. The van der Waals surface area contributed by atoms with Crippen LogP contribution in [0, 0.1) is 0 Å². The van der Waals surface area contributed by atoms with E-state index in [-0.39, 0.29) is 5.41 Å². The van der Waals surface area contributed by atoms with Gasteiger partial charge in [-0.25, -0.2) is 10.2 Å². The lowest BCUT2D eigenvalue weighted by molar-refractivity contribution is 0.192. The van der Waals surface area contributed by atoms with Crippen LogP contribution in [0.5, 0.6) is 0 Å². The Hall–Kier alpha value is -1.62. The van der Waals surface area contributed by atoms with Gasteiger partial charge >= 0.3 is 6.09 Å². The molecule has 0 heterocycles. The Labute approximate surface area is 112 Å². The normalized spacial score (nSPS) is 10.8. The summed E-state index contributed by atoms with van der Waals surface area (Å²) in [7, 11) is 0. The number of thiocarbonyl (C=S) groups is 1. The third-order valence-corrected chi connectivity index (χ3v) is 2.74. The zero-order valence-electron chi connectivity index (χ0n) is 10.8. The van der Waals surface area contributed by atoms with Crippen molar-refractivity contribution in [2.75, 3.05) is 0 Å². The van der Waals surface area contributed by atoms with Gasteiger partial charge in [0.05, 0.1) is 4.99 Å². The molecule has 3 N–H and O–H groups in total. The number of hydrogen-bond acceptors (Lipinski definition) is 2. The maximum atomic E-state index is 10.3.